The molecular formula is C25H34O3. The van der Waals surface area contributed by atoms with Crippen LogP contribution in [0.25, 0.3) is 0 Å². The minimum Gasteiger partial charge on any atom is -0.462 e. The number of carbonyl (C=O) groups is 1. The van der Waals surface area contributed by atoms with Crippen molar-refractivity contribution in [3.8, 4) is 0 Å². The van der Waals surface area contributed by atoms with E-state index in [-0.39, 0.29) is 18.7 Å². The van der Waals surface area contributed by atoms with Crippen molar-refractivity contribution in [1.29, 1.82) is 0 Å². The van der Waals surface area contributed by atoms with E-state index in [0.717, 1.165) is 43.2 Å². The van der Waals surface area contributed by atoms with Gasteiger partial charge in [0.25, 0.3) is 0 Å². The Bertz CT molecular complexity index is 708. The smallest absolute Gasteiger partial charge is 0.319 e. The molecule has 0 radical (unpaired) electrons. The van der Waals surface area contributed by atoms with Crippen LogP contribution in [0.4, 0.5) is 0 Å². The maximum Gasteiger partial charge on any atom is 0.319 e. The Morgan fingerprint density at radius 1 is 1.04 bits per heavy atom. The molecule has 0 saturated carbocycles. The molecule has 0 spiro atoms. The maximum atomic E-state index is 13.4. The van der Waals surface area contributed by atoms with Crippen molar-refractivity contribution in [2.75, 3.05) is 6.61 Å². The highest BCUT2D eigenvalue weighted by Gasteiger charge is 2.42. The fourth-order valence-corrected chi connectivity index (χ4v) is 3.55. The van der Waals surface area contributed by atoms with Crippen molar-refractivity contribution >= 4 is 5.97 Å². The Hall–Kier alpha value is -2.13. The van der Waals surface area contributed by atoms with Gasteiger partial charge in [0.2, 0.25) is 0 Å². The second-order valence-corrected chi connectivity index (χ2v) is 7.70. The average Bonchev–Trinajstić information content (AvgIpc) is 2.73. The average molecular weight is 383 g/mol. The van der Waals surface area contributed by atoms with E-state index in [2.05, 4.69) is 6.92 Å². The summed E-state index contributed by atoms with van der Waals surface area (Å²) in [5.74, 6) is -0.329. The fourth-order valence-electron chi connectivity index (χ4n) is 3.55. The summed E-state index contributed by atoms with van der Waals surface area (Å²) in [6, 6.07) is 17.7. The summed E-state index contributed by atoms with van der Waals surface area (Å²) in [4.78, 5) is 13.4. The number of aliphatic hydroxyl groups excluding tert-OH is 1. The summed E-state index contributed by atoms with van der Waals surface area (Å²) in [6.07, 6.45) is 5.30. The van der Waals surface area contributed by atoms with Crippen LogP contribution in [0, 0.1) is 6.92 Å². The van der Waals surface area contributed by atoms with E-state index in [4.69, 9.17) is 4.74 Å². The monoisotopic (exact) mass is 382 g/mol. The van der Waals surface area contributed by atoms with Gasteiger partial charge in [-0.2, -0.15) is 0 Å². The molecular weight excluding hydrogens is 348 g/mol. The quantitative estimate of drug-likeness (QED) is 0.420. The van der Waals surface area contributed by atoms with Crippen molar-refractivity contribution in [2.24, 2.45) is 0 Å². The van der Waals surface area contributed by atoms with E-state index in [9.17, 15) is 9.90 Å². The number of rotatable bonds is 11. The molecule has 0 amide bonds. The Balaban J connectivity index is 2.31. The minimum atomic E-state index is -1.09. The predicted octanol–water partition coefficient (Wildman–Crippen LogP) is 5.37. The molecule has 0 saturated heterocycles. The van der Waals surface area contributed by atoms with E-state index in [0.29, 0.717) is 6.42 Å². The molecule has 3 nitrogen and oxygen atoms in total. The van der Waals surface area contributed by atoms with Gasteiger partial charge in [0, 0.05) is 0 Å². The normalized spacial score (nSPS) is 14.3. The van der Waals surface area contributed by atoms with E-state index in [1.165, 1.54) is 5.56 Å². The Labute approximate surface area is 169 Å². The molecule has 0 aromatic heterocycles. The lowest BCUT2D eigenvalue weighted by Crippen LogP contribution is -2.44. The number of benzene rings is 2. The van der Waals surface area contributed by atoms with Crippen LogP contribution in [0.1, 0.15) is 62.6 Å². The van der Waals surface area contributed by atoms with Crippen LogP contribution in [-0.4, -0.2) is 23.8 Å². The highest BCUT2D eigenvalue weighted by Crippen LogP contribution is 2.31. The SMILES string of the molecule is CCCCCC(CC)OC(=O)C(CO)(Cc1ccc(C)cc1)c1ccccc1. The van der Waals surface area contributed by atoms with Crippen LogP contribution in [0.2, 0.25) is 0 Å². The zero-order chi connectivity index (χ0) is 20.4. The Morgan fingerprint density at radius 3 is 2.29 bits per heavy atom. The Morgan fingerprint density at radius 2 is 1.71 bits per heavy atom. The first-order chi connectivity index (χ1) is 13.6. The largest absolute Gasteiger partial charge is 0.462 e. The van der Waals surface area contributed by atoms with Crippen LogP contribution >= 0.6 is 0 Å². The van der Waals surface area contributed by atoms with Gasteiger partial charge >= 0.3 is 5.97 Å². The van der Waals surface area contributed by atoms with Crippen molar-refractivity contribution in [2.45, 2.75) is 70.8 Å². The third-order valence-electron chi connectivity index (χ3n) is 5.47. The summed E-state index contributed by atoms with van der Waals surface area (Å²) in [7, 11) is 0. The maximum absolute atomic E-state index is 13.4. The first-order valence-corrected chi connectivity index (χ1v) is 10.5. The number of unbranched alkanes of at least 4 members (excludes halogenated alkanes) is 2. The van der Waals surface area contributed by atoms with Crippen LogP contribution in [0.3, 0.4) is 0 Å². The fraction of sp³-hybridized carbons (Fsp3) is 0.480. The van der Waals surface area contributed by atoms with Crippen molar-refractivity contribution in [3.63, 3.8) is 0 Å². The lowest BCUT2D eigenvalue weighted by molar-refractivity contribution is -0.158. The highest BCUT2D eigenvalue weighted by molar-refractivity contribution is 5.84. The second-order valence-electron chi connectivity index (χ2n) is 7.70. The zero-order valence-corrected chi connectivity index (χ0v) is 17.5. The Kier molecular flexibility index (Phi) is 8.72. The van der Waals surface area contributed by atoms with Gasteiger partial charge in [-0.05, 0) is 43.7 Å². The molecule has 0 heterocycles. The van der Waals surface area contributed by atoms with Gasteiger partial charge in [0.1, 0.15) is 11.5 Å². The van der Waals surface area contributed by atoms with Gasteiger partial charge < -0.3 is 9.84 Å². The molecule has 1 N–H and O–H groups in total. The van der Waals surface area contributed by atoms with Gasteiger partial charge in [-0.25, -0.2) is 0 Å². The third kappa shape index (κ3) is 5.68. The first-order valence-electron chi connectivity index (χ1n) is 10.5. The van der Waals surface area contributed by atoms with Crippen LogP contribution in [0.5, 0.6) is 0 Å². The molecule has 2 unspecified atom stereocenters. The summed E-state index contributed by atoms with van der Waals surface area (Å²) >= 11 is 0. The molecule has 152 valence electrons. The van der Waals surface area contributed by atoms with E-state index in [1.54, 1.807) is 0 Å². The standard InChI is InChI=1S/C25H34O3/c1-4-6-8-13-23(5-2)28-24(27)25(19-26,22-11-9-7-10-12-22)18-21-16-14-20(3)15-17-21/h7,9-12,14-17,23,26H,4-6,8,13,18-19H2,1-3H3. The van der Waals surface area contributed by atoms with Crippen LogP contribution in [0.15, 0.2) is 54.6 Å². The van der Waals surface area contributed by atoms with E-state index < -0.39 is 5.41 Å². The lowest BCUT2D eigenvalue weighted by Gasteiger charge is -2.32. The van der Waals surface area contributed by atoms with Crippen molar-refractivity contribution in [3.05, 3.63) is 71.3 Å². The molecule has 0 aliphatic carbocycles. The van der Waals surface area contributed by atoms with Crippen molar-refractivity contribution in [1.82, 2.24) is 0 Å². The number of esters is 1. The first kappa shape index (κ1) is 22.2. The van der Waals surface area contributed by atoms with E-state index in [1.807, 2.05) is 68.4 Å². The summed E-state index contributed by atoms with van der Waals surface area (Å²) < 4.78 is 5.95. The number of carbonyl (C=O) groups excluding carboxylic acids is 1. The number of ether oxygens (including phenoxy) is 1. The summed E-state index contributed by atoms with van der Waals surface area (Å²) in [5, 5.41) is 10.4. The molecule has 2 aromatic carbocycles. The number of aryl methyl sites for hydroxylation is 1. The van der Waals surface area contributed by atoms with Gasteiger partial charge in [0.15, 0.2) is 0 Å². The van der Waals surface area contributed by atoms with Gasteiger partial charge in [0.05, 0.1) is 6.61 Å². The second kappa shape index (κ2) is 11.0. The zero-order valence-electron chi connectivity index (χ0n) is 17.5. The predicted molar refractivity (Wildman–Crippen MR) is 114 cm³/mol. The third-order valence-corrected chi connectivity index (χ3v) is 5.47. The lowest BCUT2D eigenvalue weighted by atomic mass is 9.76. The molecule has 0 aliphatic heterocycles. The number of hydrogen-bond donors (Lipinski definition) is 1. The van der Waals surface area contributed by atoms with Crippen LogP contribution in [-0.2, 0) is 21.4 Å². The highest BCUT2D eigenvalue weighted by atomic mass is 16.5. The summed E-state index contributed by atoms with van der Waals surface area (Å²) in [6.45, 7) is 5.97. The molecule has 2 aromatic rings. The van der Waals surface area contributed by atoms with Crippen LogP contribution < -0.4 is 0 Å². The van der Waals surface area contributed by atoms with Gasteiger partial charge in [-0.3, -0.25) is 4.79 Å². The molecule has 2 rings (SSSR count). The van der Waals surface area contributed by atoms with Gasteiger partial charge in [-0.15, -0.1) is 0 Å². The molecule has 0 bridgehead atoms. The molecule has 3 heteroatoms. The number of hydrogen-bond acceptors (Lipinski definition) is 3. The van der Waals surface area contributed by atoms with Gasteiger partial charge in [-0.1, -0.05) is 86.8 Å². The molecule has 28 heavy (non-hydrogen) atoms. The molecule has 0 fully saturated rings. The topological polar surface area (TPSA) is 46.5 Å². The van der Waals surface area contributed by atoms with Crippen molar-refractivity contribution < 1.29 is 14.6 Å². The van der Waals surface area contributed by atoms with E-state index >= 15 is 0 Å². The summed E-state index contributed by atoms with van der Waals surface area (Å²) in [5.41, 5.74) is 1.89. The minimum absolute atomic E-state index is 0.105. The molecule has 2 atom stereocenters. The molecule has 0 aliphatic rings. The number of aliphatic hydroxyl groups is 1.